The summed E-state index contributed by atoms with van der Waals surface area (Å²) < 4.78 is 18.6. The molecule has 4 rings (SSSR count). The van der Waals surface area contributed by atoms with E-state index < -0.39 is 0 Å². The maximum absolute atomic E-state index is 13.4. The van der Waals surface area contributed by atoms with Gasteiger partial charge in [-0.2, -0.15) is 0 Å². The van der Waals surface area contributed by atoms with Crippen molar-refractivity contribution in [1.29, 1.82) is 0 Å². The fourth-order valence-corrected chi connectivity index (χ4v) is 4.42. The second kappa shape index (κ2) is 9.29. The van der Waals surface area contributed by atoms with Crippen LogP contribution in [0.1, 0.15) is 48.0 Å². The van der Waals surface area contributed by atoms with Crippen molar-refractivity contribution < 1.29 is 18.7 Å². The second-order valence-corrected chi connectivity index (χ2v) is 7.93. The van der Waals surface area contributed by atoms with Gasteiger partial charge < -0.3 is 14.6 Å². The van der Waals surface area contributed by atoms with Crippen LogP contribution in [0.25, 0.3) is 11.0 Å². The Bertz CT molecular complexity index is 1060. The molecule has 7 heteroatoms. The molecule has 1 N–H and O–H groups in total. The maximum atomic E-state index is 13.4. The van der Waals surface area contributed by atoms with E-state index in [9.17, 15) is 14.0 Å². The molecule has 1 aliphatic rings. The summed E-state index contributed by atoms with van der Waals surface area (Å²) in [4.78, 5) is 34.3. The van der Waals surface area contributed by atoms with Gasteiger partial charge in [0, 0.05) is 18.7 Å². The highest BCUT2D eigenvalue weighted by molar-refractivity contribution is 5.97. The van der Waals surface area contributed by atoms with E-state index in [4.69, 9.17) is 4.74 Å². The number of esters is 1. The molecule has 2 heterocycles. The van der Waals surface area contributed by atoms with Crippen LogP contribution in [0.3, 0.4) is 0 Å². The molecule has 6 nitrogen and oxygen atoms in total. The number of nitrogens with one attached hydrogen (secondary N) is 1. The monoisotopic (exact) mass is 423 g/mol. The summed E-state index contributed by atoms with van der Waals surface area (Å²) >= 11 is 0. The summed E-state index contributed by atoms with van der Waals surface area (Å²) in [7, 11) is 0. The smallest absolute Gasteiger partial charge is 0.306 e. The Kier molecular flexibility index (Phi) is 6.30. The number of aromatic nitrogens is 2. The Hall–Kier alpha value is -3.22. The third-order valence-electron chi connectivity index (χ3n) is 6.05. The number of benzene rings is 2. The normalized spacial score (nSPS) is 15.7. The minimum atomic E-state index is -0.298. The number of piperidine rings is 1. The van der Waals surface area contributed by atoms with Crippen molar-refractivity contribution in [1.82, 2.24) is 14.9 Å². The van der Waals surface area contributed by atoms with E-state index in [0.717, 1.165) is 29.4 Å². The Balaban J connectivity index is 1.45. The molecule has 0 saturated carbocycles. The van der Waals surface area contributed by atoms with Crippen LogP contribution in [0, 0.1) is 11.7 Å². The first-order chi connectivity index (χ1) is 15.0. The third-order valence-corrected chi connectivity index (χ3v) is 6.05. The van der Waals surface area contributed by atoms with Crippen molar-refractivity contribution in [3.8, 4) is 0 Å². The first-order valence-electron chi connectivity index (χ1n) is 10.7. The Morgan fingerprint density at radius 1 is 1.19 bits per heavy atom. The summed E-state index contributed by atoms with van der Waals surface area (Å²) in [6, 6.07) is 11.8. The van der Waals surface area contributed by atoms with Gasteiger partial charge in [-0.05, 0) is 67.5 Å². The Morgan fingerprint density at radius 3 is 2.65 bits per heavy atom. The molecule has 0 radical (unpaired) electrons. The van der Waals surface area contributed by atoms with E-state index in [1.54, 1.807) is 31.5 Å². The number of carbonyl (C=O) groups is 2. The van der Waals surface area contributed by atoms with Gasteiger partial charge in [-0.3, -0.25) is 9.59 Å². The van der Waals surface area contributed by atoms with Gasteiger partial charge in [-0.1, -0.05) is 12.1 Å². The number of hydrogen-bond donors (Lipinski definition) is 1. The van der Waals surface area contributed by atoms with Crippen molar-refractivity contribution in [3.63, 3.8) is 0 Å². The molecule has 1 saturated heterocycles. The maximum Gasteiger partial charge on any atom is 0.306 e. The van der Waals surface area contributed by atoms with Gasteiger partial charge in [0.05, 0.1) is 30.4 Å². The van der Waals surface area contributed by atoms with E-state index in [1.165, 1.54) is 12.1 Å². The molecule has 3 aromatic rings. The summed E-state index contributed by atoms with van der Waals surface area (Å²) in [5, 5.41) is 0. The molecule has 1 aliphatic heterocycles. The molecule has 0 spiro atoms. The first-order valence-corrected chi connectivity index (χ1v) is 10.7. The van der Waals surface area contributed by atoms with E-state index in [2.05, 4.69) is 9.97 Å². The predicted octanol–water partition coefficient (Wildman–Crippen LogP) is 4.29. The summed E-state index contributed by atoms with van der Waals surface area (Å²) in [6.45, 7) is 3.36. The molecular weight excluding hydrogens is 397 g/mol. The molecule has 31 heavy (non-hydrogen) atoms. The minimum absolute atomic E-state index is 0.00123. The molecule has 0 unspecified atom stereocenters. The molecule has 1 aromatic heterocycles. The number of amides is 1. The van der Waals surface area contributed by atoms with Crippen molar-refractivity contribution in [3.05, 3.63) is 65.7 Å². The topological polar surface area (TPSA) is 75.3 Å². The van der Waals surface area contributed by atoms with Crippen molar-refractivity contribution in [2.45, 2.75) is 32.1 Å². The number of aromatic amines is 1. The van der Waals surface area contributed by atoms with Gasteiger partial charge in [0.25, 0.3) is 5.91 Å². The number of rotatable bonds is 6. The first kappa shape index (κ1) is 21.0. The van der Waals surface area contributed by atoms with Gasteiger partial charge in [0.1, 0.15) is 5.82 Å². The summed E-state index contributed by atoms with van der Waals surface area (Å²) in [5.74, 6) is -0.387. The van der Waals surface area contributed by atoms with E-state index in [0.29, 0.717) is 25.3 Å². The fourth-order valence-electron chi connectivity index (χ4n) is 4.42. The van der Waals surface area contributed by atoms with Crippen molar-refractivity contribution in [2.75, 3.05) is 19.7 Å². The number of hydrogen-bond acceptors (Lipinski definition) is 4. The number of likely N-dealkylation sites (tertiary alicyclic amines) is 1. The zero-order chi connectivity index (χ0) is 21.8. The molecule has 2 aromatic carbocycles. The number of halogens is 1. The van der Waals surface area contributed by atoms with Crippen LogP contribution in [0.4, 0.5) is 4.39 Å². The van der Waals surface area contributed by atoms with Gasteiger partial charge in [0.2, 0.25) is 0 Å². The van der Waals surface area contributed by atoms with Gasteiger partial charge in [0.15, 0.2) is 0 Å². The third kappa shape index (κ3) is 4.76. The lowest BCUT2D eigenvalue weighted by molar-refractivity contribution is -0.144. The van der Waals surface area contributed by atoms with E-state index in [1.807, 2.05) is 17.0 Å². The molecule has 1 amide bonds. The van der Waals surface area contributed by atoms with Gasteiger partial charge in [-0.25, -0.2) is 9.37 Å². The summed E-state index contributed by atoms with van der Waals surface area (Å²) in [6.07, 6.45) is 3.43. The van der Waals surface area contributed by atoms with Crippen LogP contribution in [-0.4, -0.2) is 46.4 Å². The molecule has 0 aliphatic carbocycles. The lowest BCUT2D eigenvalue weighted by Gasteiger charge is -2.36. The lowest BCUT2D eigenvalue weighted by Crippen LogP contribution is -2.40. The van der Waals surface area contributed by atoms with Crippen LogP contribution in [-0.2, 0) is 9.53 Å². The zero-order valence-corrected chi connectivity index (χ0v) is 17.5. The molecule has 1 atom stereocenters. The van der Waals surface area contributed by atoms with Gasteiger partial charge in [-0.15, -0.1) is 0 Å². The number of fused-ring (bicyclic) bond motifs is 1. The quantitative estimate of drug-likeness (QED) is 0.600. The highest BCUT2D eigenvalue weighted by atomic mass is 19.1. The summed E-state index contributed by atoms with van der Waals surface area (Å²) in [5.41, 5.74) is 3.24. The van der Waals surface area contributed by atoms with Crippen LogP contribution in [0.15, 0.2) is 48.8 Å². The number of imidazole rings is 1. The molecule has 0 bridgehead atoms. The van der Waals surface area contributed by atoms with Crippen LogP contribution >= 0.6 is 0 Å². The molecule has 162 valence electrons. The van der Waals surface area contributed by atoms with Crippen LogP contribution in [0.5, 0.6) is 0 Å². The Morgan fingerprint density at radius 2 is 1.94 bits per heavy atom. The van der Waals surface area contributed by atoms with Gasteiger partial charge >= 0.3 is 5.97 Å². The van der Waals surface area contributed by atoms with E-state index in [-0.39, 0.29) is 36.0 Å². The van der Waals surface area contributed by atoms with Crippen molar-refractivity contribution in [2.24, 2.45) is 5.92 Å². The zero-order valence-electron chi connectivity index (χ0n) is 17.5. The minimum Gasteiger partial charge on any atom is -0.466 e. The van der Waals surface area contributed by atoms with Crippen molar-refractivity contribution >= 4 is 22.9 Å². The second-order valence-electron chi connectivity index (χ2n) is 7.93. The fraction of sp³-hybridized carbons (Fsp3) is 0.375. The predicted molar refractivity (Wildman–Crippen MR) is 115 cm³/mol. The number of H-pyrrole nitrogens is 1. The van der Waals surface area contributed by atoms with E-state index >= 15 is 0 Å². The Labute approximate surface area is 180 Å². The number of ether oxygens (including phenoxy) is 1. The number of nitrogens with zero attached hydrogens (tertiary/aromatic N) is 2. The van der Waals surface area contributed by atoms with Crippen LogP contribution in [0.2, 0.25) is 0 Å². The molecule has 1 fully saturated rings. The highest BCUT2D eigenvalue weighted by Gasteiger charge is 2.31. The largest absolute Gasteiger partial charge is 0.466 e. The van der Waals surface area contributed by atoms with Crippen LogP contribution < -0.4 is 0 Å². The molecular formula is C24H26FN3O3. The average Bonchev–Trinajstić information content (AvgIpc) is 3.26. The SMILES string of the molecule is CCOC(=O)C[C@@H](c1ccc(F)cc1)C1CCN(C(=O)c2ccc3nc[nH]c3c2)CC1. The standard InChI is InChI=1S/C24H26FN3O3/c1-2-31-23(29)14-20(16-3-6-19(25)7-4-16)17-9-11-28(12-10-17)24(30)18-5-8-21-22(13-18)27-15-26-21/h3-8,13,15,17,20H,2,9-12,14H2,1H3,(H,26,27)/t20-/m0/s1. The average molecular weight is 423 g/mol. The number of carbonyl (C=O) groups excluding carboxylic acids is 2. The highest BCUT2D eigenvalue weighted by Crippen LogP contribution is 2.36. The lowest BCUT2D eigenvalue weighted by atomic mass is 9.78.